The highest BCUT2D eigenvalue weighted by atomic mass is 32.2. The number of imide groups is 1. The van der Waals surface area contributed by atoms with Crippen LogP contribution in [0.25, 0.3) is 0 Å². The van der Waals surface area contributed by atoms with Gasteiger partial charge < -0.3 is 9.84 Å². The van der Waals surface area contributed by atoms with Gasteiger partial charge in [-0.3, -0.25) is 34.3 Å². The Morgan fingerprint density at radius 2 is 1.61 bits per heavy atom. The number of hydrogen-bond acceptors (Lipinski definition) is 8. The van der Waals surface area contributed by atoms with Crippen LogP contribution in [0.2, 0.25) is 0 Å². The predicted octanol–water partition coefficient (Wildman–Crippen LogP) is 2.32. The number of carbonyl (C=O) groups is 4. The van der Waals surface area contributed by atoms with Crippen molar-refractivity contribution in [2.45, 2.75) is 42.0 Å². The molecule has 36 heavy (non-hydrogen) atoms. The van der Waals surface area contributed by atoms with Crippen molar-refractivity contribution >= 4 is 35.5 Å². The van der Waals surface area contributed by atoms with E-state index in [0.29, 0.717) is 37.1 Å². The number of likely N-dealkylation sites (tertiary alicyclic amines) is 1. The molecule has 1 spiro atoms. The molecule has 5 rings (SSSR count). The first-order chi connectivity index (χ1) is 17.4. The Morgan fingerprint density at radius 1 is 1.00 bits per heavy atom. The largest absolute Gasteiger partial charge is 0.481 e. The molecule has 0 radical (unpaired) electrons. The van der Waals surface area contributed by atoms with E-state index in [4.69, 9.17) is 4.74 Å². The summed E-state index contributed by atoms with van der Waals surface area (Å²) >= 11 is 1.49. The lowest BCUT2D eigenvalue weighted by molar-refractivity contribution is -0.149. The molecule has 2 unspecified atom stereocenters. The lowest BCUT2D eigenvalue weighted by atomic mass is 9.88. The Kier molecular flexibility index (Phi) is 6.83. The van der Waals surface area contributed by atoms with Gasteiger partial charge in [0.2, 0.25) is 0 Å². The fourth-order valence-electron chi connectivity index (χ4n) is 5.12. The molecule has 3 aliphatic heterocycles. The van der Waals surface area contributed by atoms with E-state index in [1.807, 2.05) is 35.2 Å². The SMILES string of the molecule is O=C(O)CC1NC(C(=O)OCc2ccccc2)C2(CCN(CN3C(=O)c4ccccc4C3=O)CC2)S1. The van der Waals surface area contributed by atoms with Crippen LogP contribution in [-0.2, 0) is 20.9 Å². The average Bonchev–Trinajstić information content (AvgIpc) is 3.34. The van der Waals surface area contributed by atoms with Gasteiger partial charge in [-0.25, -0.2) is 0 Å². The summed E-state index contributed by atoms with van der Waals surface area (Å²) in [5, 5.41) is 12.1. The number of esters is 1. The number of nitrogens with one attached hydrogen (secondary N) is 1. The first-order valence-corrected chi connectivity index (χ1v) is 12.8. The molecule has 2 amide bonds. The quantitative estimate of drug-likeness (QED) is 0.428. The van der Waals surface area contributed by atoms with Crippen molar-refractivity contribution in [3.63, 3.8) is 0 Å². The Bertz CT molecular complexity index is 1150. The third-order valence-electron chi connectivity index (χ3n) is 7.00. The molecule has 2 N–H and O–H groups in total. The minimum atomic E-state index is -0.934. The zero-order valence-electron chi connectivity index (χ0n) is 19.6. The number of rotatable bonds is 7. The monoisotopic (exact) mass is 509 g/mol. The molecule has 2 fully saturated rings. The van der Waals surface area contributed by atoms with Crippen molar-refractivity contribution in [2.24, 2.45) is 0 Å². The normalized spacial score (nSPS) is 23.2. The molecule has 2 aromatic rings. The first-order valence-electron chi connectivity index (χ1n) is 11.9. The number of carboxylic acid groups (broad SMARTS) is 1. The third kappa shape index (κ3) is 4.76. The van der Waals surface area contributed by atoms with Crippen molar-refractivity contribution in [3.8, 4) is 0 Å². The van der Waals surface area contributed by atoms with Gasteiger partial charge in [-0.1, -0.05) is 42.5 Å². The molecular formula is C26H27N3O6S. The van der Waals surface area contributed by atoms with Crippen molar-refractivity contribution < 1.29 is 29.0 Å². The molecular weight excluding hydrogens is 482 g/mol. The summed E-state index contributed by atoms with van der Waals surface area (Å²) in [7, 11) is 0. The molecule has 0 aliphatic carbocycles. The van der Waals surface area contributed by atoms with Gasteiger partial charge in [0, 0.05) is 17.8 Å². The average molecular weight is 510 g/mol. The van der Waals surface area contributed by atoms with E-state index in [0.717, 1.165) is 5.56 Å². The molecule has 0 aromatic heterocycles. The number of fused-ring (bicyclic) bond motifs is 1. The molecule has 3 aliphatic rings. The summed E-state index contributed by atoms with van der Waals surface area (Å²) < 4.78 is 5.10. The fourth-order valence-corrected chi connectivity index (χ4v) is 6.84. The Morgan fingerprint density at radius 3 is 2.22 bits per heavy atom. The van der Waals surface area contributed by atoms with Crippen LogP contribution in [0, 0.1) is 0 Å². The highest BCUT2D eigenvalue weighted by molar-refractivity contribution is 8.01. The van der Waals surface area contributed by atoms with Crippen LogP contribution in [0.5, 0.6) is 0 Å². The van der Waals surface area contributed by atoms with Crippen LogP contribution < -0.4 is 5.32 Å². The summed E-state index contributed by atoms with van der Waals surface area (Å²) in [4.78, 5) is 53.3. The zero-order valence-corrected chi connectivity index (χ0v) is 20.4. The maximum atomic E-state index is 13.1. The van der Waals surface area contributed by atoms with E-state index in [1.165, 1.54) is 16.7 Å². The molecule has 10 heteroatoms. The fraction of sp³-hybridized carbons (Fsp3) is 0.385. The Labute approximate surface area is 212 Å². The van der Waals surface area contributed by atoms with E-state index < -0.39 is 28.1 Å². The minimum absolute atomic E-state index is 0.104. The number of ether oxygens (including phenoxy) is 1. The van der Waals surface area contributed by atoms with E-state index in [2.05, 4.69) is 5.32 Å². The lowest BCUT2D eigenvalue weighted by Crippen LogP contribution is -2.55. The molecule has 9 nitrogen and oxygen atoms in total. The molecule has 0 saturated carbocycles. The minimum Gasteiger partial charge on any atom is -0.481 e. The van der Waals surface area contributed by atoms with Gasteiger partial charge in [-0.15, -0.1) is 11.8 Å². The molecule has 2 saturated heterocycles. The second-order valence-corrected chi connectivity index (χ2v) is 10.9. The summed E-state index contributed by atoms with van der Waals surface area (Å²) in [6.07, 6.45) is 1.08. The van der Waals surface area contributed by atoms with Crippen LogP contribution in [0.4, 0.5) is 0 Å². The number of piperidine rings is 1. The van der Waals surface area contributed by atoms with Gasteiger partial charge in [0.1, 0.15) is 12.6 Å². The van der Waals surface area contributed by atoms with Gasteiger partial charge in [0.25, 0.3) is 11.8 Å². The van der Waals surface area contributed by atoms with Gasteiger partial charge in [0.15, 0.2) is 0 Å². The van der Waals surface area contributed by atoms with E-state index >= 15 is 0 Å². The molecule has 0 bridgehead atoms. The smallest absolute Gasteiger partial charge is 0.324 e. The number of benzene rings is 2. The van der Waals surface area contributed by atoms with Crippen LogP contribution in [0.15, 0.2) is 54.6 Å². The number of carbonyl (C=O) groups excluding carboxylic acids is 3. The van der Waals surface area contributed by atoms with Crippen LogP contribution in [0.3, 0.4) is 0 Å². The van der Waals surface area contributed by atoms with Gasteiger partial charge in [0.05, 0.1) is 29.6 Å². The van der Waals surface area contributed by atoms with Crippen molar-refractivity contribution in [2.75, 3.05) is 19.8 Å². The zero-order chi connectivity index (χ0) is 25.3. The van der Waals surface area contributed by atoms with Gasteiger partial charge in [-0.2, -0.15) is 0 Å². The maximum absolute atomic E-state index is 13.1. The molecule has 2 atom stereocenters. The maximum Gasteiger partial charge on any atom is 0.324 e. The highest BCUT2D eigenvalue weighted by Crippen LogP contribution is 2.47. The number of amides is 2. The van der Waals surface area contributed by atoms with Gasteiger partial charge in [-0.05, 0) is 30.5 Å². The summed E-state index contributed by atoms with van der Waals surface area (Å²) in [6, 6.07) is 15.6. The lowest BCUT2D eigenvalue weighted by Gasteiger charge is -2.41. The first kappa shape index (κ1) is 24.5. The topological polar surface area (TPSA) is 116 Å². The van der Waals surface area contributed by atoms with Crippen LogP contribution in [0.1, 0.15) is 45.5 Å². The number of hydrogen-bond donors (Lipinski definition) is 2. The number of thioether (sulfide) groups is 1. The van der Waals surface area contributed by atoms with Crippen LogP contribution >= 0.6 is 11.8 Å². The molecule has 2 aromatic carbocycles. The Balaban J connectivity index is 1.25. The number of nitrogens with zero attached hydrogens (tertiary/aromatic N) is 2. The van der Waals surface area contributed by atoms with E-state index in [9.17, 15) is 24.3 Å². The summed E-state index contributed by atoms with van der Waals surface area (Å²) in [5.41, 5.74) is 1.72. The summed E-state index contributed by atoms with van der Waals surface area (Å²) in [5.74, 6) is -1.92. The summed E-state index contributed by atoms with van der Waals surface area (Å²) in [6.45, 7) is 1.45. The highest BCUT2D eigenvalue weighted by Gasteiger charge is 2.53. The van der Waals surface area contributed by atoms with Crippen molar-refractivity contribution in [3.05, 3.63) is 71.3 Å². The standard InChI is InChI=1S/C26H27N3O6S/c30-21(31)14-20-27-22(25(34)35-15-17-6-2-1-3-7-17)26(36-20)10-12-28(13-11-26)16-29-23(32)18-8-4-5-9-19(18)24(29)33/h1-9,20,22,27H,10-16H2,(H,30,31). The van der Waals surface area contributed by atoms with Crippen LogP contribution in [-0.4, -0.2) is 74.6 Å². The van der Waals surface area contributed by atoms with E-state index in [1.54, 1.807) is 24.3 Å². The molecule has 188 valence electrons. The van der Waals surface area contributed by atoms with Crippen molar-refractivity contribution in [1.29, 1.82) is 0 Å². The predicted molar refractivity (Wildman–Crippen MR) is 132 cm³/mol. The third-order valence-corrected chi connectivity index (χ3v) is 8.70. The van der Waals surface area contributed by atoms with Gasteiger partial charge >= 0.3 is 11.9 Å². The second kappa shape index (κ2) is 10.0. The Hall–Kier alpha value is -3.21. The van der Waals surface area contributed by atoms with Crippen molar-refractivity contribution in [1.82, 2.24) is 15.1 Å². The second-order valence-electron chi connectivity index (χ2n) is 9.31. The van der Waals surface area contributed by atoms with E-state index in [-0.39, 0.29) is 31.5 Å². The number of carboxylic acids is 1. The number of aliphatic carboxylic acids is 1. The molecule has 3 heterocycles.